The van der Waals surface area contributed by atoms with Crippen molar-refractivity contribution < 1.29 is 13.2 Å². The third-order valence-electron chi connectivity index (χ3n) is 6.06. The lowest BCUT2D eigenvalue weighted by atomic mass is 10.0. The molecule has 3 aromatic carbocycles. The minimum Gasteiger partial charge on any atom is -0.319 e. The van der Waals surface area contributed by atoms with Gasteiger partial charge < -0.3 is 4.57 Å². The van der Waals surface area contributed by atoms with E-state index in [0.29, 0.717) is 29.9 Å². The van der Waals surface area contributed by atoms with Gasteiger partial charge >= 0.3 is 0 Å². The molecule has 8 heteroatoms. The van der Waals surface area contributed by atoms with Crippen molar-refractivity contribution in [3.05, 3.63) is 93.8 Å². The van der Waals surface area contributed by atoms with E-state index >= 15 is 0 Å². The lowest BCUT2D eigenvalue weighted by Gasteiger charge is -2.28. The molecule has 5 rings (SSSR count). The summed E-state index contributed by atoms with van der Waals surface area (Å²) < 4.78 is 30.8. The Hall–Kier alpha value is -3.07. The van der Waals surface area contributed by atoms with Crippen molar-refractivity contribution in [3.63, 3.8) is 0 Å². The summed E-state index contributed by atoms with van der Waals surface area (Å²) in [7, 11) is -1.75. The van der Waals surface area contributed by atoms with Crippen molar-refractivity contribution in [2.24, 2.45) is 12.0 Å². The number of nitrogens with zero attached hydrogens (tertiary/aromatic N) is 3. The standard InChI is InChI=1S/C25H23N3O3S2/c1-17-6-5-9-22-23(17)27(2)25(32-22)26-24(29)19-10-12-21(13-11-19)33(30,31)28-15-14-18-7-3-4-8-20(18)16-28/h3-13H,14-16H2,1-2H3. The van der Waals surface area contributed by atoms with Gasteiger partial charge in [0.25, 0.3) is 5.91 Å². The summed E-state index contributed by atoms with van der Waals surface area (Å²) in [6, 6.07) is 20.0. The van der Waals surface area contributed by atoms with Crippen LogP contribution in [0.3, 0.4) is 0 Å². The highest BCUT2D eigenvalue weighted by atomic mass is 32.2. The van der Waals surface area contributed by atoms with Crippen molar-refractivity contribution in [2.75, 3.05) is 6.54 Å². The van der Waals surface area contributed by atoms with Crippen molar-refractivity contribution in [3.8, 4) is 0 Å². The maximum absolute atomic E-state index is 13.2. The van der Waals surface area contributed by atoms with Gasteiger partial charge in [-0.1, -0.05) is 47.7 Å². The molecule has 0 atom stereocenters. The summed E-state index contributed by atoms with van der Waals surface area (Å²) in [6.07, 6.45) is 0.691. The van der Waals surface area contributed by atoms with Crippen LogP contribution in [-0.4, -0.2) is 29.7 Å². The second-order valence-electron chi connectivity index (χ2n) is 8.16. The number of rotatable bonds is 3. The summed E-state index contributed by atoms with van der Waals surface area (Å²) in [5, 5.41) is 0. The highest BCUT2D eigenvalue weighted by Crippen LogP contribution is 2.25. The van der Waals surface area contributed by atoms with Crippen molar-refractivity contribution in [2.45, 2.75) is 24.8 Å². The predicted molar refractivity (Wildman–Crippen MR) is 130 cm³/mol. The number of para-hydroxylation sites is 1. The molecule has 2 heterocycles. The number of aryl methyl sites for hydroxylation is 2. The van der Waals surface area contributed by atoms with Crippen LogP contribution in [-0.2, 0) is 30.0 Å². The fourth-order valence-corrected chi connectivity index (χ4v) is 6.76. The number of fused-ring (bicyclic) bond motifs is 2. The third kappa shape index (κ3) is 3.94. The summed E-state index contributed by atoms with van der Waals surface area (Å²) in [4.78, 5) is 17.9. The summed E-state index contributed by atoms with van der Waals surface area (Å²) in [6.45, 7) is 2.83. The lowest BCUT2D eigenvalue weighted by Crippen LogP contribution is -2.35. The number of carbonyl (C=O) groups excluding carboxylic acids is 1. The first-order chi connectivity index (χ1) is 15.8. The number of carbonyl (C=O) groups is 1. The molecule has 0 unspecified atom stereocenters. The molecule has 0 spiro atoms. The average molecular weight is 478 g/mol. The van der Waals surface area contributed by atoms with E-state index in [1.165, 1.54) is 45.5 Å². The van der Waals surface area contributed by atoms with Gasteiger partial charge in [-0.2, -0.15) is 9.30 Å². The molecule has 0 bridgehead atoms. The molecule has 33 heavy (non-hydrogen) atoms. The molecule has 0 saturated heterocycles. The maximum atomic E-state index is 13.2. The van der Waals surface area contributed by atoms with Gasteiger partial charge in [-0.3, -0.25) is 4.79 Å². The van der Waals surface area contributed by atoms with E-state index < -0.39 is 15.9 Å². The van der Waals surface area contributed by atoms with Crippen LogP contribution < -0.4 is 4.80 Å². The first-order valence-corrected chi connectivity index (χ1v) is 12.9. The molecule has 6 nitrogen and oxygen atoms in total. The van der Waals surface area contributed by atoms with Gasteiger partial charge in [0.05, 0.1) is 15.1 Å². The van der Waals surface area contributed by atoms with E-state index in [2.05, 4.69) is 4.99 Å². The number of hydrogen-bond acceptors (Lipinski definition) is 4. The molecule has 4 aromatic rings. The quantitative estimate of drug-likeness (QED) is 0.447. The Morgan fingerprint density at radius 3 is 2.42 bits per heavy atom. The highest BCUT2D eigenvalue weighted by Gasteiger charge is 2.28. The van der Waals surface area contributed by atoms with Gasteiger partial charge in [0.2, 0.25) is 10.0 Å². The molecule has 1 aromatic heterocycles. The van der Waals surface area contributed by atoms with E-state index in [9.17, 15) is 13.2 Å². The molecule has 1 aliphatic heterocycles. The first-order valence-electron chi connectivity index (χ1n) is 10.7. The molecule has 0 fully saturated rings. The van der Waals surface area contributed by atoms with Gasteiger partial charge in [-0.15, -0.1) is 0 Å². The molecule has 0 N–H and O–H groups in total. The zero-order chi connectivity index (χ0) is 23.2. The van der Waals surface area contributed by atoms with E-state index in [4.69, 9.17) is 0 Å². The van der Waals surface area contributed by atoms with E-state index in [-0.39, 0.29) is 4.90 Å². The molecule has 168 valence electrons. The Bertz CT molecular complexity index is 1550. The Balaban J connectivity index is 1.41. The third-order valence-corrected chi connectivity index (χ3v) is 9.01. The van der Waals surface area contributed by atoms with Gasteiger partial charge in [-0.25, -0.2) is 8.42 Å². The van der Waals surface area contributed by atoms with E-state index in [0.717, 1.165) is 21.3 Å². The first kappa shape index (κ1) is 21.8. The number of hydrogen-bond donors (Lipinski definition) is 0. The lowest BCUT2D eigenvalue weighted by molar-refractivity contribution is 0.0998. The monoisotopic (exact) mass is 477 g/mol. The summed E-state index contributed by atoms with van der Waals surface area (Å²) >= 11 is 1.45. The molecule has 1 amide bonds. The van der Waals surface area contributed by atoms with Crippen LogP contribution in [0.15, 0.2) is 76.6 Å². The number of thiazole rings is 1. The normalized spacial score (nSPS) is 15.0. The average Bonchev–Trinajstić information content (AvgIpc) is 3.15. The van der Waals surface area contributed by atoms with Crippen LogP contribution in [0.4, 0.5) is 0 Å². The van der Waals surface area contributed by atoms with Gasteiger partial charge in [0.15, 0.2) is 4.80 Å². The van der Waals surface area contributed by atoms with Gasteiger partial charge in [-0.05, 0) is 60.4 Å². The maximum Gasteiger partial charge on any atom is 0.279 e. The Labute approximate surface area is 196 Å². The van der Waals surface area contributed by atoms with Crippen molar-refractivity contribution >= 4 is 37.5 Å². The SMILES string of the molecule is Cc1cccc2sc(=NC(=O)c3ccc(S(=O)(=O)N4CCc5ccccc5C4)cc3)n(C)c12. The fourth-order valence-electron chi connectivity index (χ4n) is 4.25. The van der Waals surface area contributed by atoms with E-state index in [1.54, 1.807) is 0 Å². The van der Waals surface area contributed by atoms with Crippen molar-refractivity contribution in [1.29, 1.82) is 0 Å². The largest absolute Gasteiger partial charge is 0.319 e. The smallest absolute Gasteiger partial charge is 0.279 e. The number of benzene rings is 3. The minimum absolute atomic E-state index is 0.182. The zero-order valence-corrected chi connectivity index (χ0v) is 20.0. The predicted octanol–water partition coefficient (Wildman–Crippen LogP) is 4.04. The number of amides is 1. The Morgan fingerprint density at radius 1 is 0.970 bits per heavy atom. The van der Waals surface area contributed by atoms with Crippen LogP contribution in [0.5, 0.6) is 0 Å². The highest BCUT2D eigenvalue weighted by molar-refractivity contribution is 7.89. The molecular weight excluding hydrogens is 454 g/mol. The molecule has 0 aliphatic carbocycles. The number of sulfonamides is 1. The molecule has 0 radical (unpaired) electrons. The number of aromatic nitrogens is 1. The summed E-state index contributed by atoms with van der Waals surface area (Å²) in [5.74, 6) is -0.398. The fraction of sp³-hybridized carbons (Fsp3) is 0.200. The molecule has 0 saturated carbocycles. The molecular formula is C25H23N3O3S2. The van der Waals surface area contributed by atoms with Gasteiger partial charge in [0, 0.05) is 25.7 Å². The van der Waals surface area contributed by atoms with Gasteiger partial charge in [0.1, 0.15) is 0 Å². The van der Waals surface area contributed by atoms with Crippen molar-refractivity contribution in [1.82, 2.24) is 8.87 Å². The Kier molecular flexibility index (Phi) is 5.52. The second kappa shape index (κ2) is 8.37. The van der Waals surface area contributed by atoms with E-state index in [1.807, 2.05) is 61.0 Å². The van der Waals surface area contributed by atoms with Crippen LogP contribution in [0, 0.1) is 6.92 Å². The van der Waals surface area contributed by atoms with Crippen LogP contribution in [0.1, 0.15) is 27.0 Å². The second-order valence-corrected chi connectivity index (χ2v) is 11.1. The molecule has 1 aliphatic rings. The van der Waals surface area contributed by atoms with Crippen LogP contribution in [0.25, 0.3) is 10.2 Å². The Morgan fingerprint density at radius 2 is 1.70 bits per heavy atom. The summed E-state index contributed by atoms with van der Waals surface area (Å²) in [5.41, 5.74) is 4.75. The van der Waals surface area contributed by atoms with Crippen LogP contribution >= 0.6 is 11.3 Å². The van der Waals surface area contributed by atoms with Crippen LogP contribution in [0.2, 0.25) is 0 Å². The minimum atomic E-state index is -3.65. The topological polar surface area (TPSA) is 71.7 Å². The zero-order valence-electron chi connectivity index (χ0n) is 18.4.